The van der Waals surface area contributed by atoms with Crippen molar-refractivity contribution in [3.8, 4) is 0 Å². The zero-order chi connectivity index (χ0) is 13.4. The maximum atomic E-state index is 5.76. The molecule has 102 valence electrons. The molecule has 1 unspecified atom stereocenters. The van der Waals surface area contributed by atoms with Gasteiger partial charge in [-0.15, -0.1) is 0 Å². The maximum Gasteiger partial charge on any atom is 0.0230 e. The lowest BCUT2D eigenvalue weighted by molar-refractivity contribution is 0.315. The lowest BCUT2D eigenvalue weighted by Crippen LogP contribution is -2.22. The molecule has 0 aliphatic carbocycles. The molecular formula is C16H28N2. The van der Waals surface area contributed by atoms with Crippen molar-refractivity contribution in [2.45, 2.75) is 52.1 Å². The van der Waals surface area contributed by atoms with Gasteiger partial charge in [0.05, 0.1) is 0 Å². The van der Waals surface area contributed by atoms with E-state index in [1.807, 2.05) is 0 Å². The Morgan fingerprint density at radius 1 is 1.17 bits per heavy atom. The van der Waals surface area contributed by atoms with Crippen molar-refractivity contribution in [1.82, 2.24) is 4.90 Å². The topological polar surface area (TPSA) is 29.3 Å². The van der Waals surface area contributed by atoms with Crippen LogP contribution in [0.4, 0.5) is 0 Å². The Balaban J connectivity index is 2.32. The van der Waals surface area contributed by atoms with Gasteiger partial charge in [-0.25, -0.2) is 0 Å². The van der Waals surface area contributed by atoms with Crippen LogP contribution in [0.2, 0.25) is 0 Å². The first-order chi connectivity index (χ1) is 8.61. The fraction of sp³-hybridized carbons (Fsp3) is 0.625. The average molecular weight is 248 g/mol. The van der Waals surface area contributed by atoms with Gasteiger partial charge in [0.25, 0.3) is 0 Å². The van der Waals surface area contributed by atoms with Gasteiger partial charge in [0, 0.05) is 12.6 Å². The number of nitrogens with zero attached hydrogens (tertiary/aromatic N) is 1. The van der Waals surface area contributed by atoms with E-state index in [0.29, 0.717) is 6.04 Å². The second-order valence-corrected chi connectivity index (χ2v) is 5.42. The van der Waals surface area contributed by atoms with Crippen molar-refractivity contribution in [3.05, 3.63) is 35.4 Å². The van der Waals surface area contributed by atoms with Crippen molar-refractivity contribution in [2.24, 2.45) is 5.73 Å². The molecule has 0 heterocycles. The summed E-state index contributed by atoms with van der Waals surface area (Å²) in [6.07, 6.45) is 4.70. The van der Waals surface area contributed by atoms with Gasteiger partial charge in [-0.2, -0.15) is 0 Å². The third-order valence-corrected chi connectivity index (χ3v) is 3.21. The van der Waals surface area contributed by atoms with Crippen molar-refractivity contribution in [2.75, 3.05) is 13.6 Å². The van der Waals surface area contributed by atoms with Gasteiger partial charge in [-0.05, 0) is 50.9 Å². The van der Waals surface area contributed by atoms with E-state index in [1.54, 1.807) is 0 Å². The molecule has 2 heteroatoms. The zero-order valence-corrected chi connectivity index (χ0v) is 12.2. The first kappa shape index (κ1) is 15.2. The summed E-state index contributed by atoms with van der Waals surface area (Å²) in [5, 5.41) is 0. The molecule has 18 heavy (non-hydrogen) atoms. The molecule has 0 amide bonds. The molecule has 0 radical (unpaired) electrons. The highest BCUT2D eigenvalue weighted by atomic mass is 15.1. The minimum Gasteiger partial charge on any atom is -0.328 e. The second kappa shape index (κ2) is 8.28. The molecule has 0 spiro atoms. The largest absolute Gasteiger partial charge is 0.328 e. The Kier molecular flexibility index (Phi) is 6.99. The lowest BCUT2D eigenvalue weighted by Gasteiger charge is -2.17. The Hall–Kier alpha value is -0.860. The van der Waals surface area contributed by atoms with E-state index in [1.165, 1.54) is 30.4 Å². The summed E-state index contributed by atoms with van der Waals surface area (Å²) in [5.41, 5.74) is 8.60. The molecule has 1 rings (SSSR count). The molecule has 2 nitrogen and oxygen atoms in total. The highest BCUT2D eigenvalue weighted by Crippen LogP contribution is 2.09. The van der Waals surface area contributed by atoms with Crippen LogP contribution in [0.25, 0.3) is 0 Å². The van der Waals surface area contributed by atoms with Crippen LogP contribution in [-0.2, 0) is 13.0 Å². The van der Waals surface area contributed by atoms with E-state index in [2.05, 4.69) is 50.1 Å². The highest BCUT2D eigenvalue weighted by Gasteiger charge is 2.01. The van der Waals surface area contributed by atoms with Gasteiger partial charge in [0.15, 0.2) is 0 Å². The van der Waals surface area contributed by atoms with Crippen molar-refractivity contribution in [1.29, 1.82) is 0 Å². The van der Waals surface area contributed by atoms with Crippen molar-refractivity contribution >= 4 is 0 Å². The summed E-state index contributed by atoms with van der Waals surface area (Å²) < 4.78 is 0. The first-order valence-corrected chi connectivity index (χ1v) is 7.13. The summed E-state index contributed by atoms with van der Waals surface area (Å²) >= 11 is 0. The van der Waals surface area contributed by atoms with Crippen LogP contribution in [-0.4, -0.2) is 24.5 Å². The third-order valence-electron chi connectivity index (χ3n) is 3.21. The van der Waals surface area contributed by atoms with E-state index in [0.717, 1.165) is 19.5 Å². The van der Waals surface area contributed by atoms with Crippen LogP contribution in [0.3, 0.4) is 0 Å². The number of hydrogen-bond acceptors (Lipinski definition) is 2. The van der Waals surface area contributed by atoms with Gasteiger partial charge in [0.2, 0.25) is 0 Å². The van der Waals surface area contributed by atoms with E-state index in [-0.39, 0.29) is 0 Å². The molecule has 1 atom stereocenters. The third kappa shape index (κ3) is 6.18. The standard InChI is InChI=1S/C16H28N2/c1-4-6-15-8-10-16(11-9-15)13-18(3)12-5-7-14(2)17/h8-11,14H,4-7,12-13,17H2,1-3H3. The molecule has 0 aromatic heterocycles. The quantitative estimate of drug-likeness (QED) is 0.765. The Labute approximate surface area is 112 Å². The van der Waals surface area contributed by atoms with E-state index in [4.69, 9.17) is 5.73 Å². The predicted octanol–water partition coefficient (Wildman–Crippen LogP) is 3.20. The van der Waals surface area contributed by atoms with Crippen LogP contribution < -0.4 is 5.73 Å². The predicted molar refractivity (Wildman–Crippen MR) is 79.7 cm³/mol. The summed E-state index contributed by atoms with van der Waals surface area (Å²) in [6.45, 7) is 6.45. The summed E-state index contributed by atoms with van der Waals surface area (Å²) in [6, 6.07) is 9.36. The van der Waals surface area contributed by atoms with Gasteiger partial charge in [-0.3, -0.25) is 0 Å². The van der Waals surface area contributed by atoms with Crippen LogP contribution in [0.15, 0.2) is 24.3 Å². The number of benzene rings is 1. The number of aryl methyl sites for hydroxylation is 1. The minimum absolute atomic E-state index is 0.326. The van der Waals surface area contributed by atoms with Crippen molar-refractivity contribution in [3.63, 3.8) is 0 Å². The molecule has 0 saturated carbocycles. The molecule has 1 aromatic rings. The normalized spacial score (nSPS) is 12.9. The van der Waals surface area contributed by atoms with Gasteiger partial charge in [0.1, 0.15) is 0 Å². The van der Waals surface area contributed by atoms with Crippen LogP contribution in [0.1, 0.15) is 44.2 Å². The Bertz CT molecular complexity index is 316. The number of rotatable bonds is 8. The van der Waals surface area contributed by atoms with Crippen molar-refractivity contribution < 1.29 is 0 Å². The molecular weight excluding hydrogens is 220 g/mol. The maximum absolute atomic E-state index is 5.76. The van der Waals surface area contributed by atoms with Gasteiger partial charge in [-0.1, -0.05) is 37.6 Å². The smallest absolute Gasteiger partial charge is 0.0230 e. The molecule has 0 fully saturated rings. The van der Waals surface area contributed by atoms with E-state index < -0.39 is 0 Å². The monoisotopic (exact) mass is 248 g/mol. The summed E-state index contributed by atoms with van der Waals surface area (Å²) in [4.78, 5) is 2.37. The summed E-state index contributed by atoms with van der Waals surface area (Å²) in [7, 11) is 2.18. The fourth-order valence-electron chi connectivity index (χ4n) is 2.17. The Morgan fingerprint density at radius 3 is 2.33 bits per heavy atom. The summed E-state index contributed by atoms with van der Waals surface area (Å²) in [5.74, 6) is 0. The average Bonchev–Trinajstić information content (AvgIpc) is 2.31. The number of nitrogens with two attached hydrogens (primary N) is 1. The molecule has 0 bridgehead atoms. The molecule has 2 N–H and O–H groups in total. The molecule has 0 saturated heterocycles. The molecule has 1 aromatic carbocycles. The van der Waals surface area contributed by atoms with E-state index in [9.17, 15) is 0 Å². The van der Waals surface area contributed by atoms with Crippen LogP contribution in [0.5, 0.6) is 0 Å². The first-order valence-electron chi connectivity index (χ1n) is 7.13. The van der Waals surface area contributed by atoms with Gasteiger partial charge < -0.3 is 10.6 Å². The highest BCUT2D eigenvalue weighted by molar-refractivity contribution is 5.22. The minimum atomic E-state index is 0.326. The lowest BCUT2D eigenvalue weighted by atomic mass is 10.1. The zero-order valence-electron chi connectivity index (χ0n) is 12.2. The molecule has 0 aliphatic heterocycles. The van der Waals surface area contributed by atoms with Gasteiger partial charge >= 0.3 is 0 Å². The second-order valence-electron chi connectivity index (χ2n) is 5.42. The van der Waals surface area contributed by atoms with E-state index >= 15 is 0 Å². The van der Waals surface area contributed by atoms with Crippen LogP contribution >= 0.6 is 0 Å². The Morgan fingerprint density at radius 2 is 1.78 bits per heavy atom. The fourth-order valence-corrected chi connectivity index (χ4v) is 2.17. The van der Waals surface area contributed by atoms with Crippen LogP contribution in [0, 0.1) is 0 Å². The number of hydrogen-bond donors (Lipinski definition) is 1. The SMILES string of the molecule is CCCc1ccc(CN(C)CCCC(C)N)cc1. The molecule has 0 aliphatic rings.